The maximum Gasteiger partial charge on any atom is 0.155 e. The van der Waals surface area contributed by atoms with Crippen molar-refractivity contribution in [3.63, 3.8) is 0 Å². The number of hydrogen-bond acceptors (Lipinski definition) is 3. The summed E-state index contributed by atoms with van der Waals surface area (Å²) >= 11 is 0. The molecule has 16 heavy (non-hydrogen) atoms. The van der Waals surface area contributed by atoms with Gasteiger partial charge >= 0.3 is 0 Å². The Morgan fingerprint density at radius 3 is 2.69 bits per heavy atom. The second kappa shape index (κ2) is 5.22. The van der Waals surface area contributed by atoms with Crippen molar-refractivity contribution in [3.8, 4) is 23.3 Å². The second-order valence-corrected chi connectivity index (χ2v) is 3.50. The zero-order valence-corrected chi connectivity index (χ0v) is 9.37. The third-order valence-electron chi connectivity index (χ3n) is 2.28. The van der Waals surface area contributed by atoms with E-state index in [0.717, 1.165) is 6.42 Å². The maximum absolute atomic E-state index is 10.8. The highest BCUT2D eigenvalue weighted by Gasteiger charge is 2.12. The summed E-state index contributed by atoms with van der Waals surface area (Å²) in [4.78, 5) is 10.8. The first kappa shape index (κ1) is 12.1. The van der Waals surface area contributed by atoms with Gasteiger partial charge in [0.05, 0.1) is 5.56 Å². The number of phenolic OH excluding ortho intramolecular Hbond substituents is 2. The molecule has 2 N–H and O–H groups in total. The average Bonchev–Trinajstić information content (AvgIpc) is 2.27. The highest BCUT2D eigenvalue weighted by molar-refractivity contribution is 5.85. The van der Waals surface area contributed by atoms with Gasteiger partial charge in [-0.15, -0.1) is 0 Å². The summed E-state index contributed by atoms with van der Waals surface area (Å²) in [5.41, 5.74) is 0.797. The van der Waals surface area contributed by atoms with E-state index in [1.54, 1.807) is 6.92 Å². The van der Waals surface area contributed by atoms with E-state index in [1.165, 1.54) is 6.07 Å². The minimum Gasteiger partial charge on any atom is -0.507 e. The fourth-order valence-electron chi connectivity index (χ4n) is 1.28. The zero-order valence-electron chi connectivity index (χ0n) is 9.37. The number of phenols is 2. The number of carbonyl (C=O) groups is 1. The molecule has 1 aromatic rings. The summed E-state index contributed by atoms with van der Waals surface area (Å²) < 4.78 is 0. The van der Waals surface area contributed by atoms with Crippen molar-refractivity contribution in [2.45, 2.75) is 26.7 Å². The van der Waals surface area contributed by atoms with Crippen LogP contribution in [0.15, 0.2) is 6.07 Å². The van der Waals surface area contributed by atoms with E-state index in [0.29, 0.717) is 23.8 Å². The summed E-state index contributed by atoms with van der Waals surface area (Å²) in [6.07, 6.45) is 2.19. The maximum atomic E-state index is 10.8. The highest BCUT2D eigenvalue weighted by atomic mass is 16.3. The molecule has 0 saturated carbocycles. The number of benzene rings is 1. The molecule has 0 spiro atoms. The molecular formula is C13H14O3. The van der Waals surface area contributed by atoms with Crippen LogP contribution in [0.2, 0.25) is 0 Å². The monoisotopic (exact) mass is 218 g/mol. The molecule has 0 aliphatic carbocycles. The standard InChI is InChI=1S/C13H14O3/c1-3-4-5-6-10-7-12(15)9(2)13(16)11(10)8-14/h7-8,15-16H,3-4H2,1-2H3. The van der Waals surface area contributed by atoms with E-state index < -0.39 is 0 Å². The van der Waals surface area contributed by atoms with Gasteiger partial charge in [0.15, 0.2) is 6.29 Å². The molecule has 0 saturated heterocycles. The second-order valence-electron chi connectivity index (χ2n) is 3.50. The van der Waals surface area contributed by atoms with Gasteiger partial charge < -0.3 is 10.2 Å². The van der Waals surface area contributed by atoms with E-state index in [9.17, 15) is 15.0 Å². The van der Waals surface area contributed by atoms with Gasteiger partial charge in [0.25, 0.3) is 0 Å². The van der Waals surface area contributed by atoms with Gasteiger partial charge in [0, 0.05) is 17.5 Å². The Morgan fingerprint density at radius 2 is 2.12 bits per heavy atom. The predicted molar refractivity (Wildman–Crippen MR) is 61.7 cm³/mol. The molecule has 0 fully saturated rings. The topological polar surface area (TPSA) is 57.5 Å². The molecule has 0 unspecified atom stereocenters. The van der Waals surface area contributed by atoms with Crippen LogP contribution < -0.4 is 0 Å². The third-order valence-corrected chi connectivity index (χ3v) is 2.28. The van der Waals surface area contributed by atoms with Crippen molar-refractivity contribution in [1.29, 1.82) is 0 Å². The Balaban J connectivity index is 3.29. The summed E-state index contributed by atoms with van der Waals surface area (Å²) in [7, 11) is 0. The number of unbranched alkanes of at least 4 members (excludes halogenated alkanes) is 1. The minimum atomic E-state index is -0.198. The smallest absolute Gasteiger partial charge is 0.155 e. The fourth-order valence-corrected chi connectivity index (χ4v) is 1.28. The average molecular weight is 218 g/mol. The van der Waals surface area contributed by atoms with Crippen LogP contribution in [0, 0.1) is 18.8 Å². The van der Waals surface area contributed by atoms with Crippen LogP contribution in [-0.4, -0.2) is 16.5 Å². The summed E-state index contributed by atoms with van der Waals surface area (Å²) in [5.74, 6) is 5.39. The normalized spacial score (nSPS) is 9.38. The first-order chi connectivity index (χ1) is 7.61. The van der Waals surface area contributed by atoms with E-state index in [4.69, 9.17) is 0 Å². The number of hydrogen-bond donors (Lipinski definition) is 2. The Bertz CT molecular complexity index is 464. The Labute approximate surface area is 94.7 Å². The molecule has 0 aliphatic rings. The number of carbonyl (C=O) groups excluding carboxylic acids is 1. The summed E-state index contributed by atoms with van der Waals surface area (Å²) in [5, 5.41) is 19.2. The van der Waals surface area contributed by atoms with E-state index >= 15 is 0 Å². The Hall–Kier alpha value is -1.95. The van der Waals surface area contributed by atoms with E-state index in [-0.39, 0.29) is 17.1 Å². The Morgan fingerprint density at radius 1 is 1.44 bits per heavy atom. The van der Waals surface area contributed by atoms with Crippen molar-refractivity contribution < 1.29 is 15.0 Å². The molecule has 3 nitrogen and oxygen atoms in total. The highest BCUT2D eigenvalue weighted by Crippen LogP contribution is 2.31. The first-order valence-electron chi connectivity index (χ1n) is 5.11. The molecule has 1 rings (SSSR count). The molecule has 0 amide bonds. The van der Waals surface area contributed by atoms with Crippen molar-refractivity contribution in [2.24, 2.45) is 0 Å². The van der Waals surface area contributed by atoms with Crippen LogP contribution in [0.4, 0.5) is 0 Å². The molecular weight excluding hydrogens is 204 g/mol. The predicted octanol–water partition coefficient (Wildman–Crippen LogP) is 2.37. The lowest BCUT2D eigenvalue weighted by Gasteiger charge is -2.06. The molecule has 0 heterocycles. The lowest BCUT2D eigenvalue weighted by atomic mass is 10.0. The summed E-state index contributed by atoms with van der Waals surface area (Å²) in [6, 6.07) is 1.40. The zero-order chi connectivity index (χ0) is 12.1. The van der Waals surface area contributed by atoms with Crippen LogP contribution in [-0.2, 0) is 0 Å². The lowest BCUT2D eigenvalue weighted by molar-refractivity contribution is 0.112. The Kier molecular flexibility index (Phi) is 3.96. The number of aldehydes is 1. The van der Waals surface area contributed by atoms with Crippen LogP contribution in [0.3, 0.4) is 0 Å². The van der Waals surface area contributed by atoms with Gasteiger partial charge in [-0.3, -0.25) is 4.79 Å². The molecule has 3 heteroatoms. The first-order valence-corrected chi connectivity index (χ1v) is 5.11. The largest absolute Gasteiger partial charge is 0.507 e. The molecule has 0 atom stereocenters. The molecule has 0 radical (unpaired) electrons. The molecule has 0 bridgehead atoms. The van der Waals surface area contributed by atoms with E-state index in [2.05, 4.69) is 11.8 Å². The summed E-state index contributed by atoms with van der Waals surface area (Å²) in [6.45, 7) is 3.54. The van der Waals surface area contributed by atoms with Gasteiger partial charge in [-0.1, -0.05) is 18.8 Å². The minimum absolute atomic E-state index is 0.0519. The number of rotatable bonds is 2. The van der Waals surface area contributed by atoms with Crippen molar-refractivity contribution in [3.05, 3.63) is 22.8 Å². The van der Waals surface area contributed by atoms with Crippen LogP contribution in [0.5, 0.6) is 11.5 Å². The van der Waals surface area contributed by atoms with Crippen molar-refractivity contribution in [1.82, 2.24) is 0 Å². The van der Waals surface area contributed by atoms with Crippen LogP contribution in [0.1, 0.15) is 41.3 Å². The van der Waals surface area contributed by atoms with Gasteiger partial charge in [-0.05, 0) is 19.4 Å². The van der Waals surface area contributed by atoms with Gasteiger partial charge in [-0.25, -0.2) is 0 Å². The van der Waals surface area contributed by atoms with E-state index in [1.807, 2.05) is 6.92 Å². The number of aromatic hydroxyl groups is 2. The quantitative estimate of drug-likeness (QED) is 0.592. The van der Waals surface area contributed by atoms with Crippen LogP contribution in [0.25, 0.3) is 0 Å². The van der Waals surface area contributed by atoms with Crippen molar-refractivity contribution >= 4 is 6.29 Å². The third kappa shape index (κ3) is 2.34. The molecule has 0 aromatic heterocycles. The lowest BCUT2D eigenvalue weighted by Crippen LogP contribution is -1.91. The molecule has 1 aromatic carbocycles. The SMILES string of the molecule is CCCC#Cc1cc(O)c(C)c(O)c1C=O. The molecule has 84 valence electrons. The van der Waals surface area contributed by atoms with Crippen LogP contribution >= 0.6 is 0 Å². The van der Waals surface area contributed by atoms with Gasteiger partial charge in [0.2, 0.25) is 0 Å². The van der Waals surface area contributed by atoms with Gasteiger partial charge in [-0.2, -0.15) is 0 Å². The molecule has 0 aliphatic heterocycles. The van der Waals surface area contributed by atoms with Crippen molar-refractivity contribution in [2.75, 3.05) is 0 Å². The van der Waals surface area contributed by atoms with Gasteiger partial charge in [0.1, 0.15) is 11.5 Å². The fraction of sp³-hybridized carbons (Fsp3) is 0.308.